The molecule has 0 saturated heterocycles. The second kappa shape index (κ2) is 3.41. The molecule has 2 aromatic rings. The maximum absolute atomic E-state index is 10.6. The first-order chi connectivity index (χ1) is 6.83. The van der Waals surface area contributed by atoms with Crippen molar-refractivity contribution in [2.24, 2.45) is 0 Å². The van der Waals surface area contributed by atoms with Gasteiger partial charge in [-0.3, -0.25) is 4.79 Å². The average Bonchev–Trinajstić information content (AvgIpc) is 2.61. The van der Waals surface area contributed by atoms with Crippen molar-refractivity contribution in [1.29, 1.82) is 0 Å². The number of carbonyl (C=O) groups excluding carboxylic acids is 1. The van der Waals surface area contributed by atoms with E-state index in [1.54, 1.807) is 18.6 Å². The molecular formula is C10H9N3O. The molecule has 0 unspecified atom stereocenters. The Morgan fingerprint density at radius 3 is 2.86 bits per heavy atom. The van der Waals surface area contributed by atoms with Gasteiger partial charge in [0.2, 0.25) is 0 Å². The Bertz CT molecular complexity index is 448. The summed E-state index contributed by atoms with van der Waals surface area (Å²) in [5.41, 5.74) is 3.49. The summed E-state index contributed by atoms with van der Waals surface area (Å²) in [4.78, 5) is 13.5. The van der Waals surface area contributed by atoms with E-state index >= 15 is 0 Å². The standard InChI is InChI=1S/C10H9N3O/c1-7-9(5-11-10(7)6-14)8-2-3-12-13-4-8/h2-6,11H,1H3. The third-order valence-electron chi connectivity index (χ3n) is 2.19. The van der Waals surface area contributed by atoms with E-state index in [1.807, 2.05) is 13.0 Å². The number of aromatic amines is 1. The van der Waals surface area contributed by atoms with Gasteiger partial charge in [0.1, 0.15) is 0 Å². The lowest BCUT2D eigenvalue weighted by Crippen LogP contribution is -1.84. The molecule has 0 aliphatic carbocycles. The van der Waals surface area contributed by atoms with E-state index in [4.69, 9.17) is 0 Å². The molecule has 2 aromatic heterocycles. The number of rotatable bonds is 2. The van der Waals surface area contributed by atoms with Crippen molar-refractivity contribution >= 4 is 6.29 Å². The van der Waals surface area contributed by atoms with Crippen LogP contribution in [0.15, 0.2) is 24.7 Å². The second-order valence-electron chi connectivity index (χ2n) is 2.99. The topological polar surface area (TPSA) is 58.6 Å². The van der Waals surface area contributed by atoms with Crippen LogP contribution in [0.2, 0.25) is 0 Å². The van der Waals surface area contributed by atoms with Crippen molar-refractivity contribution in [3.05, 3.63) is 35.9 Å². The summed E-state index contributed by atoms with van der Waals surface area (Å²) in [7, 11) is 0. The highest BCUT2D eigenvalue weighted by atomic mass is 16.1. The van der Waals surface area contributed by atoms with Crippen LogP contribution in [0.3, 0.4) is 0 Å². The number of aromatic nitrogens is 3. The lowest BCUT2D eigenvalue weighted by atomic mass is 10.1. The summed E-state index contributed by atoms with van der Waals surface area (Å²) in [5, 5.41) is 7.48. The van der Waals surface area contributed by atoms with Crippen LogP contribution >= 0.6 is 0 Å². The van der Waals surface area contributed by atoms with Gasteiger partial charge in [-0.1, -0.05) is 0 Å². The van der Waals surface area contributed by atoms with Gasteiger partial charge in [-0.2, -0.15) is 10.2 Å². The van der Waals surface area contributed by atoms with Crippen molar-refractivity contribution in [3.8, 4) is 11.1 Å². The molecule has 1 N–H and O–H groups in total. The van der Waals surface area contributed by atoms with E-state index in [2.05, 4.69) is 15.2 Å². The number of carbonyl (C=O) groups is 1. The van der Waals surface area contributed by atoms with Crippen LogP contribution in [-0.4, -0.2) is 21.5 Å². The van der Waals surface area contributed by atoms with E-state index < -0.39 is 0 Å². The molecule has 0 radical (unpaired) electrons. The fourth-order valence-electron chi connectivity index (χ4n) is 1.38. The number of nitrogens with zero attached hydrogens (tertiary/aromatic N) is 2. The second-order valence-corrected chi connectivity index (χ2v) is 2.99. The van der Waals surface area contributed by atoms with E-state index in [0.717, 1.165) is 23.0 Å². The molecule has 0 saturated carbocycles. The van der Waals surface area contributed by atoms with Gasteiger partial charge in [0.25, 0.3) is 0 Å². The minimum atomic E-state index is 0.608. The van der Waals surface area contributed by atoms with Gasteiger partial charge in [0, 0.05) is 17.3 Å². The van der Waals surface area contributed by atoms with Crippen molar-refractivity contribution in [2.45, 2.75) is 6.92 Å². The molecule has 2 rings (SSSR count). The minimum Gasteiger partial charge on any atom is -0.358 e. The zero-order valence-corrected chi connectivity index (χ0v) is 7.69. The predicted octanol–water partition coefficient (Wildman–Crippen LogP) is 1.59. The third-order valence-corrected chi connectivity index (χ3v) is 2.19. The van der Waals surface area contributed by atoms with Gasteiger partial charge in [-0.25, -0.2) is 0 Å². The van der Waals surface area contributed by atoms with Crippen molar-refractivity contribution in [1.82, 2.24) is 15.2 Å². The Labute approximate surface area is 81.0 Å². The van der Waals surface area contributed by atoms with E-state index in [-0.39, 0.29) is 0 Å². The first-order valence-corrected chi connectivity index (χ1v) is 4.23. The summed E-state index contributed by atoms with van der Waals surface area (Å²) in [6.45, 7) is 1.90. The van der Waals surface area contributed by atoms with Gasteiger partial charge >= 0.3 is 0 Å². The maximum atomic E-state index is 10.6. The number of hydrogen-bond donors (Lipinski definition) is 1. The zero-order valence-electron chi connectivity index (χ0n) is 7.69. The van der Waals surface area contributed by atoms with Crippen LogP contribution in [0.1, 0.15) is 16.1 Å². The largest absolute Gasteiger partial charge is 0.358 e. The molecule has 4 nitrogen and oxygen atoms in total. The van der Waals surface area contributed by atoms with Gasteiger partial charge in [-0.05, 0) is 18.6 Å². The van der Waals surface area contributed by atoms with Gasteiger partial charge in [0.05, 0.1) is 18.1 Å². The quantitative estimate of drug-likeness (QED) is 0.726. The molecule has 14 heavy (non-hydrogen) atoms. The molecule has 0 aliphatic heterocycles. The molecule has 0 bridgehead atoms. The molecule has 0 aliphatic rings. The van der Waals surface area contributed by atoms with Crippen molar-refractivity contribution < 1.29 is 4.79 Å². The van der Waals surface area contributed by atoms with Crippen molar-refractivity contribution in [2.75, 3.05) is 0 Å². The van der Waals surface area contributed by atoms with Crippen LogP contribution in [0.25, 0.3) is 11.1 Å². The highest BCUT2D eigenvalue weighted by molar-refractivity contribution is 5.80. The first-order valence-electron chi connectivity index (χ1n) is 4.23. The van der Waals surface area contributed by atoms with Crippen molar-refractivity contribution in [3.63, 3.8) is 0 Å². The molecule has 0 amide bonds. The number of aldehydes is 1. The molecule has 0 atom stereocenters. The van der Waals surface area contributed by atoms with Crippen LogP contribution in [0.5, 0.6) is 0 Å². The molecule has 0 spiro atoms. The monoisotopic (exact) mass is 187 g/mol. The van der Waals surface area contributed by atoms with Crippen LogP contribution < -0.4 is 0 Å². The molecule has 0 fully saturated rings. The Balaban J connectivity index is 2.53. The Morgan fingerprint density at radius 2 is 2.29 bits per heavy atom. The first kappa shape index (κ1) is 8.62. The maximum Gasteiger partial charge on any atom is 0.166 e. The third kappa shape index (κ3) is 1.31. The molecule has 70 valence electrons. The number of nitrogens with one attached hydrogen (secondary N) is 1. The Kier molecular flexibility index (Phi) is 2.10. The summed E-state index contributed by atoms with van der Waals surface area (Å²) in [6.07, 6.45) is 5.91. The van der Waals surface area contributed by atoms with Crippen LogP contribution in [0.4, 0.5) is 0 Å². The summed E-state index contributed by atoms with van der Waals surface area (Å²) < 4.78 is 0. The zero-order chi connectivity index (χ0) is 9.97. The lowest BCUT2D eigenvalue weighted by molar-refractivity contribution is 0.111. The van der Waals surface area contributed by atoms with Crippen LogP contribution in [-0.2, 0) is 0 Å². The fraction of sp³-hybridized carbons (Fsp3) is 0.100. The number of H-pyrrole nitrogens is 1. The van der Waals surface area contributed by atoms with Crippen LogP contribution in [0, 0.1) is 6.92 Å². The molecule has 2 heterocycles. The van der Waals surface area contributed by atoms with Gasteiger partial charge < -0.3 is 4.98 Å². The summed E-state index contributed by atoms with van der Waals surface area (Å²) in [6, 6.07) is 1.86. The Hall–Kier alpha value is -1.97. The van der Waals surface area contributed by atoms with E-state index in [9.17, 15) is 4.79 Å². The summed E-state index contributed by atoms with van der Waals surface area (Å²) >= 11 is 0. The Morgan fingerprint density at radius 1 is 1.43 bits per heavy atom. The normalized spacial score (nSPS) is 10.1. The van der Waals surface area contributed by atoms with Gasteiger partial charge in [0.15, 0.2) is 6.29 Å². The molecule has 0 aromatic carbocycles. The number of hydrogen-bond acceptors (Lipinski definition) is 3. The lowest BCUT2D eigenvalue weighted by Gasteiger charge is -1.97. The van der Waals surface area contributed by atoms with Gasteiger partial charge in [-0.15, -0.1) is 0 Å². The molecule has 4 heteroatoms. The minimum absolute atomic E-state index is 0.608. The fourth-order valence-corrected chi connectivity index (χ4v) is 1.38. The van der Waals surface area contributed by atoms with E-state index in [1.165, 1.54) is 0 Å². The average molecular weight is 187 g/mol. The SMILES string of the molecule is Cc1c(-c2ccnnc2)c[nH]c1C=O. The molecular weight excluding hydrogens is 178 g/mol. The van der Waals surface area contributed by atoms with E-state index in [0.29, 0.717) is 5.69 Å². The summed E-state index contributed by atoms with van der Waals surface area (Å²) in [5.74, 6) is 0. The highest BCUT2D eigenvalue weighted by Gasteiger charge is 2.07. The smallest absolute Gasteiger partial charge is 0.166 e. The predicted molar refractivity (Wildman–Crippen MR) is 51.9 cm³/mol. The highest BCUT2D eigenvalue weighted by Crippen LogP contribution is 2.23.